The molecule has 0 aliphatic carbocycles. The lowest BCUT2D eigenvalue weighted by atomic mass is 9.84. The number of benzene rings is 1. The predicted octanol–water partition coefficient (Wildman–Crippen LogP) is 4.23. The summed E-state index contributed by atoms with van der Waals surface area (Å²) in [6, 6.07) is 5.36. The van der Waals surface area contributed by atoms with E-state index in [2.05, 4.69) is 44.2 Å². The highest BCUT2D eigenvalue weighted by Crippen LogP contribution is 2.33. The molecular weight excluding hydrogens is 265 g/mol. The van der Waals surface area contributed by atoms with Gasteiger partial charge in [0.25, 0.3) is 0 Å². The first-order valence-electron chi connectivity index (χ1n) is 7.61. The van der Waals surface area contributed by atoms with Gasteiger partial charge < -0.3 is 10.3 Å². The van der Waals surface area contributed by atoms with Gasteiger partial charge in [0.15, 0.2) is 5.82 Å². The predicted molar refractivity (Wildman–Crippen MR) is 85.9 cm³/mol. The van der Waals surface area contributed by atoms with Crippen LogP contribution in [0.25, 0.3) is 11.0 Å². The van der Waals surface area contributed by atoms with E-state index >= 15 is 0 Å². The molecule has 0 spiro atoms. The molecule has 1 aromatic heterocycles. The minimum absolute atomic E-state index is 0.138. The van der Waals surface area contributed by atoms with Gasteiger partial charge in [-0.2, -0.15) is 0 Å². The van der Waals surface area contributed by atoms with Gasteiger partial charge in [0.2, 0.25) is 0 Å². The average molecular weight is 291 g/mol. The zero-order valence-electron chi connectivity index (χ0n) is 13.7. The molecule has 2 N–H and O–H groups in total. The lowest BCUT2D eigenvalue weighted by Crippen LogP contribution is -2.23. The summed E-state index contributed by atoms with van der Waals surface area (Å²) in [4.78, 5) is 4.60. The van der Waals surface area contributed by atoms with Crippen LogP contribution in [0.4, 0.5) is 4.39 Å². The number of rotatable bonds is 4. The van der Waals surface area contributed by atoms with Crippen LogP contribution in [0.3, 0.4) is 0 Å². The van der Waals surface area contributed by atoms with Crippen molar-refractivity contribution in [1.82, 2.24) is 9.55 Å². The number of halogens is 1. The third-order valence-corrected chi connectivity index (χ3v) is 3.72. The summed E-state index contributed by atoms with van der Waals surface area (Å²) < 4.78 is 16.2. The quantitative estimate of drug-likeness (QED) is 0.916. The van der Waals surface area contributed by atoms with Gasteiger partial charge in [-0.15, -0.1) is 0 Å². The average Bonchev–Trinajstić information content (AvgIpc) is 2.75. The Morgan fingerprint density at radius 2 is 1.95 bits per heavy atom. The molecule has 0 aliphatic heterocycles. The zero-order valence-corrected chi connectivity index (χ0v) is 13.7. The molecular formula is C17H26FN3. The van der Waals surface area contributed by atoms with Gasteiger partial charge in [0.05, 0.1) is 5.52 Å². The Morgan fingerprint density at radius 1 is 1.29 bits per heavy atom. The van der Waals surface area contributed by atoms with E-state index in [9.17, 15) is 4.39 Å². The van der Waals surface area contributed by atoms with Crippen molar-refractivity contribution >= 4 is 11.0 Å². The molecule has 1 aromatic carbocycles. The first-order chi connectivity index (χ1) is 9.74. The minimum Gasteiger partial charge on any atom is -0.330 e. The van der Waals surface area contributed by atoms with Gasteiger partial charge in [-0.25, -0.2) is 9.37 Å². The van der Waals surface area contributed by atoms with Gasteiger partial charge >= 0.3 is 0 Å². The van der Waals surface area contributed by atoms with Gasteiger partial charge in [-0.3, -0.25) is 0 Å². The Balaban J connectivity index is 2.61. The lowest BCUT2D eigenvalue weighted by Gasteiger charge is -2.26. The summed E-state index contributed by atoms with van der Waals surface area (Å²) in [5.74, 6) is 0.779. The van der Waals surface area contributed by atoms with Crippen LogP contribution < -0.4 is 5.73 Å². The summed E-state index contributed by atoms with van der Waals surface area (Å²) in [6.07, 6.45) is 0.932. The van der Waals surface area contributed by atoms with E-state index in [1.165, 1.54) is 6.07 Å². The van der Waals surface area contributed by atoms with Crippen LogP contribution in [0, 0.1) is 11.2 Å². The van der Waals surface area contributed by atoms with E-state index < -0.39 is 0 Å². The maximum absolute atomic E-state index is 14.0. The Bertz CT molecular complexity index is 623. The van der Waals surface area contributed by atoms with Crippen molar-refractivity contribution < 1.29 is 4.39 Å². The maximum atomic E-state index is 14.0. The van der Waals surface area contributed by atoms with Crippen molar-refractivity contribution in [2.24, 2.45) is 11.1 Å². The summed E-state index contributed by atoms with van der Waals surface area (Å²) in [5.41, 5.74) is 7.46. The first kappa shape index (κ1) is 16.0. The molecule has 116 valence electrons. The molecule has 0 saturated carbocycles. The standard InChI is InChI=1S/C17H26FN3/c1-11(2)21-14-8-6-7-13(18)15(14)20-16(21)12(10-19)9-17(3,4)5/h6-8,11-12H,9-10,19H2,1-5H3. The van der Waals surface area contributed by atoms with Crippen molar-refractivity contribution in [3.05, 3.63) is 29.8 Å². The Hall–Kier alpha value is -1.42. The van der Waals surface area contributed by atoms with Crippen LogP contribution in [0.15, 0.2) is 18.2 Å². The van der Waals surface area contributed by atoms with Crippen LogP contribution in [-0.2, 0) is 0 Å². The fraction of sp³-hybridized carbons (Fsp3) is 0.588. The van der Waals surface area contributed by atoms with Crippen molar-refractivity contribution in [2.75, 3.05) is 6.54 Å². The number of hydrogen-bond donors (Lipinski definition) is 1. The fourth-order valence-electron chi connectivity index (χ4n) is 2.95. The molecule has 0 amide bonds. The molecule has 0 radical (unpaired) electrons. The van der Waals surface area contributed by atoms with Crippen molar-refractivity contribution in [3.63, 3.8) is 0 Å². The van der Waals surface area contributed by atoms with E-state index in [0.29, 0.717) is 12.1 Å². The second-order valence-electron chi connectivity index (χ2n) is 7.24. The highest BCUT2D eigenvalue weighted by molar-refractivity contribution is 5.77. The summed E-state index contributed by atoms with van der Waals surface area (Å²) >= 11 is 0. The second-order valence-corrected chi connectivity index (χ2v) is 7.24. The molecule has 1 atom stereocenters. The lowest BCUT2D eigenvalue weighted by molar-refractivity contribution is 0.329. The van der Waals surface area contributed by atoms with E-state index in [0.717, 1.165) is 17.8 Å². The Kier molecular flexibility index (Phi) is 4.38. The summed E-state index contributed by atoms with van der Waals surface area (Å²) in [5, 5.41) is 0. The minimum atomic E-state index is -0.264. The van der Waals surface area contributed by atoms with E-state index in [1.807, 2.05) is 6.07 Å². The number of hydrogen-bond acceptors (Lipinski definition) is 2. The molecule has 0 bridgehead atoms. The van der Waals surface area contributed by atoms with Gasteiger partial charge in [0.1, 0.15) is 11.3 Å². The molecule has 2 aromatic rings. The normalized spacial score (nSPS) is 14.1. The summed E-state index contributed by atoms with van der Waals surface area (Å²) in [6.45, 7) is 11.3. The molecule has 0 aliphatic rings. The highest BCUT2D eigenvalue weighted by Gasteiger charge is 2.26. The molecule has 4 heteroatoms. The molecule has 21 heavy (non-hydrogen) atoms. The number of aromatic nitrogens is 2. The Morgan fingerprint density at radius 3 is 2.48 bits per heavy atom. The monoisotopic (exact) mass is 291 g/mol. The molecule has 1 unspecified atom stereocenters. The number of para-hydroxylation sites is 1. The molecule has 3 nitrogen and oxygen atoms in total. The molecule has 1 heterocycles. The summed E-state index contributed by atoms with van der Waals surface area (Å²) in [7, 11) is 0. The number of nitrogens with two attached hydrogens (primary N) is 1. The van der Waals surface area contributed by atoms with Crippen molar-refractivity contribution in [3.8, 4) is 0 Å². The first-order valence-corrected chi connectivity index (χ1v) is 7.61. The van der Waals surface area contributed by atoms with Crippen LogP contribution in [0.2, 0.25) is 0 Å². The maximum Gasteiger partial charge on any atom is 0.151 e. The van der Waals surface area contributed by atoms with Gasteiger partial charge in [-0.1, -0.05) is 26.8 Å². The third-order valence-electron chi connectivity index (χ3n) is 3.72. The van der Waals surface area contributed by atoms with Crippen LogP contribution in [0.5, 0.6) is 0 Å². The van der Waals surface area contributed by atoms with E-state index in [1.54, 1.807) is 6.07 Å². The topological polar surface area (TPSA) is 43.8 Å². The van der Waals surface area contributed by atoms with Crippen LogP contribution in [0.1, 0.15) is 58.8 Å². The smallest absolute Gasteiger partial charge is 0.151 e. The fourth-order valence-corrected chi connectivity index (χ4v) is 2.95. The largest absolute Gasteiger partial charge is 0.330 e. The van der Waals surface area contributed by atoms with E-state index in [-0.39, 0.29) is 23.2 Å². The van der Waals surface area contributed by atoms with E-state index in [4.69, 9.17) is 5.73 Å². The SMILES string of the molecule is CC(C)n1c(C(CN)CC(C)(C)C)nc2c(F)cccc21. The molecule has 0 saturated heterocycles. The van der Waals surface area contributed by atoms with Crippen molar-refractivity contribution in [2.45, 2.75) is 53.0 Å². The van der Waals surface area contributed by atoms with Crippen LogP contribution in [-0.4, -0.2) is 16.1 Å². The Labute approximate surface area is 126 Å². The highest BCUT2D eigenvalue weighted by atomic mass is 19.1. The molecule has 0 fully saturated rings. The zero-order chi connectivity index (χ0) is 15.8. The van der Waals surface area contributed by atoms with Crippen molar-refractivity contribution in [1.29, 1.82) is 0 Å². The van der Waals surface area contributed by atoms with Crippen LogP contribution >= 0.6 is 0 Å². The second kappa shape index (κ2) is 5.76. The van der Waals surface area contributed by atoms with Gasteiger partial charge in [-0.05, 0) is 37.8 Å². The molecule has 2 rings (SSSR count). The number of fused-ring (bicyclic) bond motifs is 1. The number of nitrogens with zero attached hydrogens (tertiary/aromatic N) is 2. The van der Waals surface area contributed by atoms with Gasteiger partial charge in [0, 0.05) is 18.5 Å². The third kappa shape index (κ3) is 3.26. The number of imidazole rings is 1.